The fraction of sp³-hybridized carbons (Fsp3) is 0.0833. The SMILES string of the molecule is Cc1ccc(-c2cnc(C#N)nc2)c(F)c1. The summed E-state index contributed by atoms with van der Waals surface area (Å²) >= 11 is 0. The topological polar surface area (TPSA) is 49.6 Å². The average molecular weight is 213 g/mol. The standard InChI is InChI=1S/C12H8FN3/c1-8-2-3-10(11(13)4-8)9-6-15-12(5-14)16-7-9/h2-4,6-7H,1H3. The number of hydrogen-bond acceptors (Lipinski definition) is 3. The van der Waals surface area contributed by atoms with Crippen LogP contribution in [0.5, 0.6) is 0 Å². The number of nitrogens with zero attached hydrogens (tertiary/aromatic N) is 3. The summed E-state index contributed by atoms with van der Waals surface area (Å²) in [5, 5.41) is 8.54. The summed E-state index contributed by atoms with van der Waals surface area (Å²) in [6.45, 7) is 1.82. The molecule has 2 rings (SSSR count). The summed E-state index contributed by atoms with van der Waals surface area (Å²) in [5.41, 5.74) is 1.86. The first-order valence-electron chi connectivity index (χ1n) is 4.69. The summed E-state index contributed by atoms with van der Waals surface area (Å²) < 4.78 is 13.6. The van der Waals surface area contributed by atoms with E-state index in [2.05, 4.69) is 9.97 Å². The molecule has 0 radical (unpaired) electrons. The molecule has 4 heteroatoms. The van der Waals surface area contributed by atoms with Crippen LogP contribution in [0.4, 0.5) is 4.39 Å². The maximum absolute atomic E-state index is 13.6. The minimum atomic E-state index is -0.312. The van der Waals surface area contributed by atoms with Crippen LogP contribution in [0, 0.1) is 24.1 Å². The number of rotatable bonds is 1. The van der Waals surface area contributed by atoms with Gasteiger partial charge < -0.3 is 0 Å². The van der Waals surface area contributed by atoms with Crippen molar-refractivity contribution in [3.05, 3.63) is 47.8 Å². The van der Waals surface area contributed by atoms with Gasteiger partial charge in [-0.25, -0.2) is 14.4 Å². The van der Waals surface area contributed by atoms with Gasteiger partial charge in [0.2, 0.25) is 5.82 Å². The Hall–Kier alpha value is -2.28. The fourth-order valence-corrected chi connectivity index (χ4v) is 1.38. The molecule has 0 aliphatic rings. The predicted molar refractivity (Wildman–Crippen MR) is 56.9 cm³/mol. The molecule has 0 aliphatic carbocycles. The van der Waals surface area contributed by atoms with Gasteiger partial charge in [-0.15, -0.1) is 0 Å². The highest BCUT2D eigenvalue weighted by molar-refractivity contribution is 5.62. The van der Waals surface area contributed by atoms with Gasteiger partial charge in [0.15, 0.2) is 0 Å². The van der Waals surface area contributed by atoms with Crippen LogP contribution in [0.3, 0.4) is 0 Å². The van der Waals surface area contributed by atoms with Gasteiger partial charge in [0.05, 0.1) is 0 Å². The zero-order valence-electron chi connectivity index (χ0n) is 8.61. The number of aromatic nitrogens is 2. The molecule has 0 spiro atoms. The molecular weight excluding hydrogens is 205 g/mol. The maximum atomic E-state index is 13.6. The van der Waals surface area contributed by atoms with Crippen molar-refractivity contribution in [1.82, 2.24) is 9.97 Å². The third-order valence-electron chi connectivity index (χ3n) is 2.19. The number of benzene rings is 1. The van der Waals surface area contributed by atoms with E-state index < -0.39 is 0 Å². The lowest BCUT2D eigenvalue weighted by Crippen LogP contribution is -1.91. The molecule has 0 bridgehead atoms. The lowest BCUT2D eigenvalue weighted by Gasteiger charge is -2.03. The van der Waals surface area contributed by atoms with E-state index in [0.717, 1.165) is 5.56 Å². The highest BCUT2D eigenvalue weighted by atomic mass is 19.1. The van der Waals surface area contributed by atoms with Gasteiger partial charge in [0.1, 0.15) is 11.9 Å². The first kappa shape index (κ1) is 10.2. The number of aryl methyl sites for hydroxylation is 1. The monoisotopic (exact) mass is 213 g/mol. The molecule has 1 aromatic heterocycles. The molecule has 0 unspecified atom stereocenters. The Morgan fingerprint density at radius 1 is 1.25 bits per heavy atom. The van der Waals surface area contributed by atoms with Crippen molar-refractivity contribution in [1.29, 1.82) is 5.26 Å². The number of halogens is 1. The third-order valence-corrected chi connectivity index (χ3v) is 2.19. The molecule has 16 heavy (non-hydrogen) atoms. The number of nitriles is 1. The Morgan fingerprint density at radius 2 is 1.94 bits per heavy atom. The van der Waals surface area contributed by atoms with Crippen LogP contribution < -0.4 is 0 Å². The zero-order valence-corrected chi connectivity index (χ0v) is 8.61. The molecule has 78 valence electrons. The minimum Gasteiger partial charge on any atom is -0.227 e. The van der Waals surface area contributed by atoms with Crippen LogP contribution >= 0.6 is 0 Å². The van der Waals surface area contributed by atoms with Crippen LogP contribution in [-0.2, 0) is 0 Å². The lowest BCUT2D eigenvalue weighted by molar-refractivity contribution is 0.630. The van der Waals surface area contributed by atoms with Gasteiger partial charge in [-0.2, -0.15) is 5.26 Å². The van der Waals surface area contributed by atoms with E-state index in [1.165, 1.54) is 18.5 Å². The fourth-order valence-electron chi connectivity index (χ4n) is 1.38. The third kappa shape index (κ3) is 1.89. The predicted octanol–water partition coefficient (Wildman–Crippen LogP) is 2.46. The Balaban J connectivity index is 2.47. The van der Waals surface area contributed by atoms with Gasteiger partial charge in [0, 0.05) is 23.5 Å². The molecule has 0 saturated heterocycles. The zero-order chi connectivity index (χ0) is 11.5. The van der Waals surface area contributed by atoms with Crippen molar-refractivity contribution in [3.8, 4) is 17.2 Å². The molecule has 0 amide bonds. The van der Waals surface area contributed by atoms with Gasteiger partial charge in [-0.3, -0.25) is 0 Å². The second-order valence-corrected chi connectivity index (χ2v) is 3.39. The molecule has 0 fully saturated rings. The molecule has 3 nitrogen and oxygen atoms in total. The van der Waals surface area contributed by atoms with E-state index in [4.69, 9.17) is 5.26 Å². The Bertz CT molecular complexity index is 555. The lowest BCUT2D eigenvalue weighted by atomic mass is 10.1. The van der Waals surface area contributed by atoms with Gasteiger partial charge in [0.25, 0.3) is 0 Å². The molecule has 1 heterocycles. The first-order valence-corrected chi connectivity index (χ1v) is 4.69. The molecule has 1 aromatic carbocycles. The Kier molecular flexibility index (Phi) is 2.61. The van der Waals surface area contributed by atoms with E-state index >= 15 is 0 Å². The maximum Gasteiger partial charge on any atom is 0.232 e. The van der Waals surface area contributed by atoms with Crippen molar-refractivity contribution in [2.24, 2.45) is 0 Å². The van der Waals surface area contributed by atoms with Crippen molar-refractivity contribution < 1.29 is 4.39 Å². The molecule has 0 atom stereocenters. The first-order chi connectivity index (χ1) is 7.70. The summed E-state index contributed by atoms with van der Waals surface area (Å²) in [6, 6.07) is 6.76. The Labute approximate surface area is 92.2 Å². The molecule has 0 aliphatic heterocycles. The van der Waals surface area contributed by atoms with E-state index in [9.17, 15) is 4.39 Å². The quantitative estimate of drug-likeness (QED) is 0.731. The normalized spacial score (nSPS) is 9.81. The van der Waals surface area contributed by atoms with Crippen LogP contribution in [0.25, 0.3) is 11.1 Å². The largest absolute Gasteiger partial charge is 0.232 e. The molecule has 0 N–H and O–H groups in total. The van der Waals surface area contributed by atoms with E-state index in [1.54, 1.807) is 6.07 Å². The van der Waals surface area contributed by atoms with Crippen molar-refractivity contribution >= 4 is 0 Å². The number of hydrogen-bond donors (Lipinski definition) is 0. The highest BCUT2D eigenvalue weighted by Gasteiger charge is 2.06. The van der Waals surface area contributed by atoms with E-state index in [-0.39, 0.29) is 11.6 Å². The highest BCUT2D eigenvalue weighted by Crippen LogP contribution is 2.21. The smallest absolute Gasteiger partial charge is 0.227 e. The minimum absolute atomic E-state index is 0.0799. The summed E-state index contributed by atoms with van der Waals surface area (Å²) in [4.78, 5) is 7.60. The van der Waals surface area contributed by atoms with Crippen molar-refractivity contribution in [2.45, 2.75) is 6.92 Å². The second-order valence-electron chi connectivity index (χ2n) is 3.39. The van der Waals surface area contributed by atoms with Crippen LogP contribution in [0.1, 0.15) is 11.4 Å². The molecule has 0 saturated carbocycles. The van der Waals surface area contributed by atoms with E-state index in [0.29, 0.717) is 11.1 Å². The summed E-state index contributed by atoms with van der Waals surface area (Å²) in [7, 11) is 0. The van der Waals surface area contributed by atoms with Crippen LogP contribution in [0.15, 0.2) is 30.6 Å². The summed E-state index contributed by atoms with van der Waals surface area (Å²) in [5.74, 6) is -0.232. The van der Waals surface area contributed by atoms with E-state index in [1.807, 2.05) is 19.1 Å². The average Bonchev–Trinajstić information content (AvgIpc) is 2.29. The Morgan fingerprint density at radius 3 is 2.50 bits per heavy atom. The van der Waals surface area contributed by atoms with Crippen LogP contribution in [0.2, 0.25) is 0 Å². The second kappa shape index (κ2) is 4.07. The van der Waals surface area contributed by atoms with Gasteiger partial charge >= 0.3 is 0 Å². The summed E-state index contributed by atoms with van der Waals surface area (Å²) in [6.07, 6.45) is 2.89. The van der Waals surface area contributed by atoms with Crippen LogP contribution in [-0.4, -0.2) is 9.97 Å². The van der Waals surface area contributed by atoms with Gasteiger partial charge in [-0.1, -0.05) is 12.1 Å². The van der Waals surface area contributed by atoms with Crippen molar-refractivity contribution in [3.63, 3.8) is 0 Å². The molecule has 2 aromatic rings. The van der Waals surface area contributed by atoms with Crippen molar-refractivity contribution in [2.75, 3.05) is 0 Å². The van der Waals surface area contributed by atoms with Gasteiger partial charge in [-0.05, 0) is 18.6 Å². The molecular formula is C12H8FN3.